The van der Waals surface area contributed by atoms with Crippen molar-refractivity contribution in [3.05, 3.63) is 12.2 Å². The smallest absolute Gasteiger partial charge is 0.333 e. The number of carbonyl (C=O) groups excluding carboxylic acids is 2. The summed E-state index contributed by atoms with van der Waals surface area (Å²) >= 11 is 0. The van der Waals surface area contributed by atoms with Gasteiger partial charge < -0.3 is 14.5 Å². The van der Waals surface area contributed by atoms with Crippen molar-refractivity contribution in [3.8, 4) is 0 Å². The van der Waals surface area contributed by atoms with Gasteiger partial charge in [0.15, 0.2) is 0 Å². The van der Waals surface area contributed by atoms with Crippen LogP contribution in [-0.4, -0.2) is 63.2 Å². The Hall–Kier alpha value is -1.40. The average Bonchev–Trinajstić information content (AvgIpc) is 2.15. The highest BCUT2D eigenvalue weighted by Gasteiger charge is 2.01. The highest BCUT2D eigenvalue weighted by Crippen LogP contribution is 1.91. The van der Waals surface area contributed by atoms with Gasteiger partial charge in [-0.3, -0.25) is 4.79 Å². The molecule has 0 aromatic carbocycles. The van der Waals surface area contributed by atoms with Gasteiger partial charge in [-0.25, -0.2) is 4.79 Å². The van der Waals surface area contributed by atoms with Crippen molar-refractivity contribution in [2.24, 2.45) is 0 Å². The predicted octanol–water partition coefficient (Wildman–Crippen LogP) is 0.693. The van der Waals surface area contributed by atoms with Gasteiger partial charge in [0.1, 0.15) is 6.61 Å². The molecule has 18 heavy (non-hydrogen) atoms. The van der Waals surface area contributed by atoms with Crippen LogP contribution in [0.5, 0.6) is 0 Å². The van der Waals surface area contributed by atoms with Crippen LogP contribution in [0, 0.1) is 0 Å². The molecule has 0 heterocycles. The molecule has 0 unspecified atom stereocenters. The molecule has 0 aliphatic heterocycles. The normalized spacial score (nSPS) is 9.56. The van der Waals surface area contributed by atoms with Gasteiger partial charge >= 0.3 is 11.9 Å². The molecule has 0 rings (SSSR count). The van der Waals surface area contributed by atoms with Gasteiger partial charge in [0.05, 0.1) is 0 Å². The van der Waals surface area contributed by atoms with E-state index in [0.717, 1.165) is 6.54 Å². The number of nitrogens with zero attached hydrogens (tertiary/aromatic N) is 2. The fraction of sp³-hybridized carbons (Fsp3) is 0.667. The molecule has 0 aromatic rings. The number of hydrogen-bond acceptors (Lipinski definition) is 6. The number of hydrogen-bond donors (Lipinski definition) is 0. The Morgan fingerprint density at radius 1 is 1.11 bits per heavy atom. The highest BCUT2D eigenvalue weighted by molar-refractivity contribution is 5.86. The van der Waals surface area contributed by atoms with E-state index in [1.54, 1.807) is 21.0 Å². The summed E-state index contributed by atoms with van der Waals surface area (Å²) < 4.78 is 4.83. The number of esters is 1. The average molecular weight is 260 g/mol. The summed E-state index contributed by atoms with van der Waals surface area (Å²) in [6, 6.07) is 0. The minimum atomic E-state index is -0.313. The topological polar surface area (TPSA) is 59.1 Å². The Bertz CT molecular complexity index is 275. The zero-order chi connectivity index (χ0) is 14.7. The molecule has 6 nitrogen and oxygen atoms in total. The van der Waals surface area contributed by atoms with E-state index in [0.29, 0.717) is 12.2 Å². The minimum absolute atomic E-state index is 0.287. The Morgan fingerprint density at radius 2 is 1.61 bits per heavy atom. The molecular weight excluding hydrogens is 236 g/mol. The van der Waals surface area contributed by atoms with E-state index in [-0.39, 0.29) is 11.9 Å². The minimum Gasteiger partial charge on any atom is -0.461 e. The molecular formula is C12H24N2O4. The van der Waals surface area contributed by atoms with Crippen LogP contribution >= 0.6 is 0 Å². The lowest BCUT2D eigenvalue weighted by Crippen LogP contribution is -2.20. The van der Waals surface area contributed by atoms with E-state index in [1.807, 2.05) is 19.0 Å². The van der Waals surface area contributed by atoms with E-state index in [2.05, 4.69) is 11.4 Å². The van der Waals surface area contributed by atoms with Crippen molar-refractivity contribution in [2.75, 3.05) is 41.3 Å². The third-order valence-electron chi connectivity index (χ3n) is 1.43. The molecule has 0 aromatic heterocycles. The summed E-state index contributed by atoms with van der Waals surface area (Å²) in [5.41, 5.74) is 0.448. The van der Waals surface area contributed by atoms with Crippen LogP contribution < -0.4 is 0 Å². The van der Waals surface area contributed by atoms with E-state index < -0.39 is 0 Å². The first kappa shape index (κ1) is 19.0. The third-order valence-corrected chi connectivity index (χ3v) is 1.43. The molecule has 0 radical (unpaired) electrons. The molecule has 0 amide bonds. The van der Waals surface area contributed by atoms with Crippen molar-refractivity contribution in [2.45, 2.75) is 13.8 Å². The van der Waals surface area contributed by atoms with E-state index in [1.165, 1.54) is 12.0 Å². The standard InChI is InChI=1S/C8H15NO2.C4H9NO2/c1-7(2)8(10)11-6-5-9(3)4;1-4(6)7-5(2)3/h1,5-6H2,2-4H3;1-3H3. The SMILES string of the molecule is C=C(C)C(=O)OCCN(C)C.CC(=O)ON(C)C. The first-order valence-corrected chi connectivity index (χ1v) is 5.50. The van der Waals surface area contributed by atoms with Crippen LogP contribution in [0.15, 0.2) is 12.2 Å². The van der Waals surface area contributed by atoms with Gasteiger partial charge in [-0.15, -0.1) is 5.06 Å². The molecule has 0 fully saturated rings. The molecule has 0 saturated carbocycles. The first-order chi connectivity index (χ1) is 8.16. The van der Waals surface area contributed by atoms with Gasteiger partial charge in [-0.1, -0.05) is 6.58 Å². The Labute approximate surface area is 109 Å². The van der Waals surface area contributed by atoms with E-state index in [9.17, 15) is 9.59 Å². The van der Waals surface area contributed by atoms with E-state index >= 15 is 0 Å². The lowest BCUT2D eigenvalue weighted by Gasteiger charge is -2.09. The quantitative estimate of drug-likeness (QED) is 0.412. The lowest BCUT2D eigenvalue weighted by atomic mass is 10.4. The maximum Gasteiger partial charge on any atom is 0.333 e. The zero-order valence-electron chi connectivity index (χ0n) is 12.1. The Balaban J connectivity index is 0. The predicted molar refractivity (Wildman–Crippen MR) is 69.8 cm³/mol. The maximum absolute atomic E-state index is 10.8. The van der Waals surface area contributed by atoms with Crippen LogP contribution in [0.2, 0.25) is 0 Å². The molecule has 0 aliphatic rings. The van der Waals surface area contributed by atoms with Crippen molar-refractivity contribution in [1.82, 2.24) is 9.96 Å². The fourth-order valence-electron chi connectivity index (χ4n) is 0.701. The molecule has 0 atom stereocenters. The lowest BCUT2D eigenvalue weighted by molar-refractivity contribution is -0.175. The fourth-order valence-corrected chi connectivity index (χ4v) is 0.701. The summed E-state index contributed by atoms with van der Waals surface area (Å²) in [7, 11) is 7.16. The van der Waals surface area contributed by atoms with Crippen molar-refractivity contribution in [1.29, 1.82) is 0 Å². The van der Waals surface area contributed by atoms with Crippen molar-refractivity contribution >= 4 is 11.9 Å². The number of likely N-dealkylation sites (N-methyl/N-ethyl adjacent to an activating group) is 1. The second kappa shape index (κ2) is 10.7. The summed E-state index contributed by atoms with van der Waals surface area (Å²) in [6.45, 7) is 7.64. The Kier molecular flexibility index (Phi) is 11.3. The van der Waals surface area contributed by atoms with Gasteiger partial charge in [-0.2, -0.15) is 0 Å². The maximum atomic E-state index is 10.8. The van der Waals surface area contributed by atoms with E-state index in [4.69, 9.17) is 4.74 Å². The van der Waals surface area contributed by atoms with Gasteiger partial charge in [-0.05, 0) is 21.0 Å². The van der Waals surface area contributed by atoms with Crippen LogP contribution in [0.3, 0.4) is 0 Å². The first-order valence-electron chi connectivity index (χ1n) is 5.50. The second-order valence-electron chi connectivity index (χ2n) is 4.11. The van der Waals surface area contributed by atoms with Gasteiger partial charge in [0.25, 0.3) is 0 Å². The molecule has 0 N–H and O–H groups in total. The molecule has 106 valence electrons. The summed E-state index contributed by atoms with van der Waals surface area (Å²) in [5, 5.41) is 1.35. The van der Waals surface area contributed by atoms with Gasteiger partial charge in [0, 0.05) is 33.1 Å². The number of ether oxygens (including phenoxy) is 1. The zero-order valence-corrected chi connectivity index (χ0v) is 12.1. The van der Waals surface area contributed by atoms with Crippen LogP contribution in [0.1, 0.15) is 13.8 Å². The molecule has 0 aliphatic carbocycles. The second-order valence-corrected chi connectivity index (χ2v) is 4.11. The molecule has 0 spiro atoms. The van der Waals surface area contributed by atoms with Crippen LogP contribution in [0.25, 0.3) is 0 Å². The summed E-state index contributed by atoms with van der Waals surface area (Å²) in [6.07, 6.45) is 0. The Morgan fingerprint density at radius 3 is 1.83 bits per heavy atom. The molecule has 0 bridgehead atoms. The number of carbonyl (C=O) groups is 2. The van der Waals surface area contributed by atoms with Gasteiger partial charge in [0.2, 0.25) is 0 Å². The summed E-state index contributed by atoms with van der Waals surface area (Å²) in [5.74, 6) is -0.600. The monoisotopic (exact) mass is 260 g/mol. The number of hydroxylamine groups is 2. The molecule has 0 saturated heterocycles. The number of rotatable bonds is 5. The van der Waals surface area contributed by atoms with Crippen molar-refractivity contribution in [3.63, 3.8) is 0 Å². The van der Waals surface area contributed by atoms with Crippen molar-refractivity contribution < 1.29 is 19.2 Å². The highest BCUT2D eigenvalue weighted by atomic mass is 16.7. The van der Waals surface area contributed by atoms with Crippen LogP contribution in [0.4, 0.5) is 0 Å². The largest absolute Gasteiger partial charge is 0.461 e. The van der Waals surface area contributed by atoms with Crippen LogP contribution in [-0.2, 0) is 19.2 Å². The summed E-state index contributed by atoms with van der Waals surface area (Å²) in [4.78, 5) is 27.2. The molecule has 6 heteroatoms. The third kappa shape index (κ3) is 17.0.